The standard InChI is InChI=1S/C15H11NO3/c17-13-8-4-1-5-10(13)9-16-12-7-3-2-6-11(12)14(18)15(16)19/h1-8,17H,9H2. The highest BCUT2D eigenvalue weighted by molar-refractivity contribution is 6.52. The molecule has 1 aliphatic rings. The average molecular weight is 253 g/mol. The summed E-state index contributed by atoms with van der Waals surface area (Å²) in [5.41, 5.74) is 1.63. The zero-order valence-corrected chi connectivity index (χ0v) is 10.0. The van der Waals surface area contributed by atoms with E-state index in [0.29, 0.717) is 16.8 Å². The maximum Gasteiger partial charge on any atom is 0.299 e. The Bertz CT molecular complexity index is 679. The fourth-order valence-corrected chi connectivity index (χ4v) is 2.22. The maximum atomic E-state index is 12.0. The summed E-state index contributed by atoms with van der Waals surface area (Å²) in [5, 5.41) is 9.75. The van der Waals surface area contributed by atoms with Crippen molar-refractivity contribution in [3.05, 3.63) is 59.7 Å². The Morgan fingerprint density at radius 2 is 1.63 bits per heavy atom. The van der Waals surface area contributed by atoms with E-state index >= 15 is 0 Å². The average Bonchev–Trinajstić information content (AvgIpc) is 2.67. The van der Waals surface area contributed by atoms with Gasteiger partial charge in [0.15, 0.2) is 0 Å². The van der Waals surface area contributed by atoms with E-state index in [1.807, 2.05) is 0 Å². The molecule has 0 saturated carbocycles. The van der Waals surface area contributed by atoms with Gasteiger partial charge >= 0.3 is 0 Å². The Balaban J connectivity index is 2.01. The van der Waals surface area contributed by atoms with Gasteiger partial charge in [-0.1, -0.05) is 30.3 Å². The molecule has 3 rings (SSSR count). The minimum atomic E-state index is -0.551. The van der Waals surface area contributed by atoms with Crippen molar-refractivity contribution in [2.45, 2.75) is 6.54 Å². The van der Waals surface area contributed by atoms with Crippen LogP contribution in [0.3, 0.4) is 0 Å². The first-order valence-corrected chi connectivity index (χ1v) is 5.90. The molecule has 1 N–H and O–H groups in total. The van der Waals surface area contributed by atoms with Crippen LogP contribution in [-0.4, -0.2) is 16.8 Å². The number of ketones is 1. The predicted molar refractivity (Wildman–Crippen MR) is 70.1 cm³/mol. The van der Waals surface area contributed by atoms with Crippen molar-refractivity contribution in [1.29, 1.82) is 0 Å². The zero-order valence-electron chi connectivity index (χ0n) is 10.0. The van der Waals surface area contributed by atoms with Crippen molar-refractivity contribution in [1.82, 2.24) is 0 Å². The van der Waals surface area contributed by atoms with Gasteiger partial charge in [0.1, 0.15) is 5.75 Å². The molecule has 1 aliphatic heterocycles. The minimum Gasteiger partial charge on any atom is -0.508 e. The normalized spacial score (nSPS) is 13.8. The van der Waals surface area contributed by atoms with Crippen LogP contribution in [0.5, 0.6) is 5.75 Å². The number of benzene rings is 2. The van der Waals surface area contributed by atoms with E-state index in [-0.39, 0.29) is 12.3 Å². The van der Waals surface area contributed by atoms with Crippen LogP contribution in [0, 0.1) is 0 Å². The van der Waals surface area contributed by atoms with Gasteiger partial charge < -0.3 is 10.0 Å². The molecule has 0 radical (unpaired) electrons. The Labute approximate surface area is 109 Å². The number of amides is 1. The van der Waals surface area contributed by atoms with Crippen LogP contribution in [-0.2, 0) is 11.3 Å². The third-order valence-electron chi connectivity index (χ3n) is 3.20. The van der Waals surface area contributed by atoms with Gasteiger partial charge in [0.05, 0.1) is 17.8 Å². The Morgan fingerprint density at radius 1 is 0.947 bits per heavy atom. The van der Waals surface area contributed by atoms with E-state index < -0.39 is 11.7 Å². The van der Waals surface area contributed by atoms with Gasteiger partial charge in [0.2, 0.25) is 0 Å². The second kappa shape index (κ2) is 4.24. The molecule has 4 nitrogen and oxygen atoms in total. The lowest BCUT2D eigenvalue weighted by Gasteiger charge is -2.17. The van der Waals surface area contributed by atoms with Crippen LogP contribution in [0.1, 0.15) is 15.9 Å². The third-order valence-corrected chi connectivity index (χ3v) is 3.20. The van der Waals surface area contributed by atoms with Crippen LogP contribution < -0.4 is 4.90 Å². The van der Waals surface area contributed by atoms with E-state index in [0.717, 1.165) is 0 Å². The zero-order chi connectivity index (χ0) is 13.4. The van der Waals surface area contributed by atoms with Crippen molar-refractivity contribution in [3.8, 4) is 5.75 Å². The number of nitrogens with zero attached hydrogens (tertiary/aromatic N) is 1. The third kappa shape index (κ3) is 1.78. The maximum absolute atomic E-state index is 12.0. The summed E-state index contributed by atoms with van der Waals surface area (Å²) in [5.74, 6) is -0.928. The number of aromatic hydroxyl groups is 1. The first-order valence-electron chi connectivity index (χ1n) is 5.90. The molecule has 19 heavy (non-hydrogen) atoms. The molecule has 2 aromatic carbocycles. The Hall–Kier alpha value is -2.62. The molecule has 0 saturated heterocycles. The summed E-state index contributed by atoms with van der Waals surface area (Å²) < 4.78 is 0. The largest absolute Gasteiger partial charge is 0.508 e. The van der Waals surface area contributed by atoms with Crippen molar-refractivity contribution in [2.24, 2.45) is 0 Å². The molecular weight excluding hydrogens is 242 g/mol. The Kier molecular flexibility index (Phi) is 2.56. The van der Waals surface area contributed by atoms with Gasteiger partial charge in [-0.05, 0) is 18.2 Å². The van der Waals surface area contributed by atoms with Gasteiger partial charge in [-0.25, -0.2) is 0 Å². The number of Topliss-reactive ketones (excluding diaryl/α,β-unsaturated/α-hetero) is 1. The fourth-order valence-electron chi connectivity index (χ4n) is 2.22. The molecule has 1 amide bonds. The second-order valence-electron chi connectivity index (χ2n) is 4.37. The van der Waals surface area contributed by atoms with Crippen LogP contribution in [0.4, 0.5) is 5.69 Å². The number of anilines is 1. The number of carbonyl (C=O) groups is 2. The Morgan fingerprint density at radius 3 is 2.42 bits per heavy atom. The molecule has 2 aromatic rings. The number of phenolic OH excluding ortho intramolecular Hbond substituents is 1. The number of carbonyl (C=O) groups excluding carboxylic acids is 2. The molecule has 0 fully saturated rings. The first kappa shape index (κ1) is 11.5. The summed E-state index contributed by atoms with van der Waals surface area (Å²) in [6, 6.07) is 13.7. The summed E-state index contributed by atoms with van der Waals surface area (Å²) in [7, 11) is 0. The van der Waals surface area contributed by atoms with Crippen LogP contribution in [0.15, 0.2) is 48.5 Å². The molecule has 0 atom stereocenters. The smallest absolute Gasteiger partial charge is 0.299 e. The van der Waals surface area contributed by atoms with Crippen molar-refractivity contribution >= 4 is 17.4 Å². The highest BCUT2D eigenvalue weighted by atomic mass is 16.3. The van der Waals surface area contributed by atoms with E-state index in [1.54, 1.807) is 48.5 Å². The van der Waals surface area contributed by atoms with Gasteiger partial charge in [-0.3, -0.25) is 9.59 Å². The van der Waals surface area contributed by atoms with E-state index in [1.165, 1.54) is 4.90 Å². The number of para-hydroxylation sites is 2. The summed E-state index contributed by atoms with van der Waals surface area (Å²) in [6.45, 7) is 0.189. The fraction of sp³-hybridized carbons (Fsp3) is 0.0667. The molecule has 0 spiro atoms. The highest BCUT2D eigenvalue weighted by Gasteiger charge is 2.35. The lowest BCUT2D eigenvalue weighted by Crippen LogP contribution is -2.29. The summed E-state index contributed by atoms with van der Waals surface area (Å²) in [4.78, 5) is 25.2. The van der Waals surface area contributed by atoms with Gasteiger partial charge in [-0.15, -0.1) is 0 Å². The van der Waals surface area contributed by atoms with Crippen molar-refractivity contribution < 1.29 is 14.7 Å². The SMILES string of the molecule is O=C1C(=O)N(Cc2ccccc2O)c2ccccc21. The topological polar surface area (TPSA) is 57.6 Å². The minimum absolute atomic E-state index is 0.118. The molecule has 0 unspecified atom stereocenters. The number of hydrogen-bond acceptors (Lipinski definition) is 3. The molecule has 4 heteroatoms. The molecule has 0 aromatic heterocycles. The number of fused-ring (bicyclic) bond motifs is 1. The number of hydrogen-bond donors (Lipinski definition) is 1. The molecule has 94 valence electrons. The lowest BCUT2D eigenvalue weighted by molar-refractivity contribution is -0.114. The van der Waals surface area contributed by atoms with E-state index in [9.17, 15) is 14.7 Å². The molecule has 1 heterocycles. The van der Waals surface area contributed by atoms with Crippen LogP contribution >= 0.6 is 0 Å². The number of rotatable bonds is 2. The van der Waals surface area contributed by atoms with Gasteiger partial charge in [0, 0.05) is 5.56 Å². The quantitative estimate of drug-likeness (QED) is 0.834. The second-order valence-corrected chi connectivity index (χ2v) is 4.37. The molecular formula is C15H11NO3. The molecule has 0 bridgehead atoms. The molecule has 0 aliphatic carbocycles. The van der Waals surface area contributed by atoms with Crippen molar-refractivity contribution in [3.63, 3.8) is 0 Å². The van der Waals surface area contributed by atoms with Gasteiger partial charge in [-0.2, -0.15) is 0 Å². The lowest BCUT2D eigenvalue weighted by atomic mass is 10.1. The van der Waals surface area contributed by atoms with E-state index in [4.69, 9.17) is 0 Å². The monoisotopic (exact) mass is 253 g/mol. The number of phenols is 1. The van der Waals surface area contributed by atoms with E-state index in [2.05, 4.69) is 0 Å². The predicted octanol–water partition coefficient (Wildman–Crippen LogP) is 2.12. The first-order chi connectivity index (χ1) is 9.18. The van der Waals surface area contributed by atoms with Crippen LogP contribution in [0.25, 0.3) is 0 Å². The van der Waals surface area contributed by atoms with Crippen molar-refractivity contribution in [2.75, 3.05) is 4.90 Å². The van der Waals surface area contributed by atoms with Crippen LogP contribution in [0.2, 0.25) is 0 Å². The van der Waals surface area contributed by atoms with Gasteiger partial charge in [0.25, 0.3) is 11.7 Å². The summed E-state index contributed by atoms with van der Waals surface area (Å²) in [6.07, 6.45) is 0. The highest BCUT2D eigenvalue weighted by Crippen LogP contribution is 2.31. The summed E-state index contributed by atoms with van der Waals surface area (Å²) >= 11 is 0.